The van der Waals surface area contributed by atoms with E-state index >= 15 is 0 Å². The van der Waals surface area contributed by atoms with Crippen molar-refractivity contribution in [2.75, 3.05) is 13.1 Å². The Morgan fingerprint density at radius 2 is 1.69 bits per heavy atom. The molecule has 0 atom stereocenters. The van der Waals surface area contributed by atoms with Gasteiger partial charge >= 0.3 is 0 Å². The van der Waals surface area contributed by atoms with E-state index in [1.54, 1.807) is 0 Å². The molecule has 0 saturated carbocycles. The lowest BCUT2D eigenvalue weighted by Gasteiger charge is -2.15. The fraction of sp³-hybridized carbons (Fsp3) is 0.333. The molecule has 0 bridgehead atoms. The second kappa shape index (κ2) is 9.53. The van der Waals surface area contributed by atoms with Crippen molar-refractivity contribution in [2.45, 2.75) is 46.7 Å². The largest absolute Gasteiger partial charge is 0.354 e. The maximum Gasteiger partial charge on any atom is 0.268 e. The molecule has 3 aromatic rings. The predicted molar refractivity (Wildman–Crippen MR) is 128 cm³/mol. The number of aromatic nitrogens is 1. The normalized spacial score (nSPS) is 14.0. The highest BCUT2D eigenvalue weighted by molar-refractivity contribution is 6.02. The number of Topliss-reactive ketones (excluding diaryl/α,β-unsaturated/α-hetero) is 1. The van der Waals surface area contributed by atoms with Gasteiger partial charge in [0.2, 0.25) is 0 Å². The Morgan fingerprint density at radius 1 is 1.00 bits per heavy atom. The van der Waals surface area contributed by atoms with Gasteiger partial charge in [-0.25, -0.2) is 0 Å². The van der Waals surface area contributed by atoms with E-state index in [1.165, 1.54) is 38.4 Å². The van der Waals surface area contributed by atoms with Crippen LogP contribution in [0.4, 0.5) is 0 Å². The van der Waals surface area contributed by atoms with Crippen molar-refractivity contribution in [3.05, 3.63) is 82.2 Å². The maximum atomic E-state index is 12.8. The summed E-state index contributed by atoms with van der Waals surface area (Å²) < 4.78 is 0. The van der Waals surface area contributed by atoms with E-state index in [9.17, 15) is 9.59 Å². The molecule has 0 aliphatic carbocycles. The van der Waals surface area contributed by atoms with E-state index < -0.39 is 0 Å². The molecule has 1 saturated heterocycles. The Hall–Kier alpha value is -3.18. The smallest absolute Gasteiger partial charge is 0.268 e. The molecule has 0 radical (unpaired) electrons. The van der Waals surface area contributed by atoms with Crippen LogP contribution in [0, 0.1) is 13.8 Å². The fourth-order valence-corrected chi connectivity index (χ4v) is 4.71. The van der Waals surface area contributed by atoms with E-state index in [2.05, 4.69) is 45.5 Å². The molecule has 0 spiro atoms. The minimum Gasteiger partial charge on any atom is -0.354 e. The van der Waals surface area contributed by atoms with E-state index in [-0.39, 0.29) is 11.7 Å². The minimum absolute atomic E-state index is 0.0335. The number of H-pyrrole nitrogens is 1. The molecule has 1 aliphatic rings. The van der Waals surface area contributed by atoms with Gasteiger partial charge in [0.05, 0.1) is 0 Å². The van der Waals surface area contributed by atoms with E-state index in [0.717, 1.165) is 28.9 Å². The van der Waals surface area contributed by atoms with Crippen molar-refractivity contribution in [2.24, 2.45) is 0 Å². The van der Waals surface area contributed by atoms with Gasteiger partial charge in [0.25, 0.3) is 5.91 Å². The maximum absolute atomic E-state index is 12.8. The van der Waals surface area contributed by atoms with Gasteiger partial charge in [-0.2, -0.15) is 0 Å². The summed E-state index contributed by atoms with van der Waals surface area (Å²) in [6.07, 6.45) is 2.60. The number of hydrogen-bond acceptors (Lipinski definition) is 3. The highest BCUT2D eigenvalue weighted by atomic mass is 16.2. The number of nitrogens with zero attached hydrogens (tertiary/aromatic N) is 1. The van der Waals surface area contributed by atoms with E-state index in [1.807, 2.05) is 32.0 Å². The predicted octanol–water partition coefficient (Wildman–Crippen LogP) is 5.03. The van der Waals surface area contributed by atoms with Gasteiger partial charge in [0.1, 0.15) is 5.69 Å². The molecule has 2 N–H and O–H groups in total. The molecule has 5 nitrogen and oxygen atoms in total. The summed E-state index contributed by atoms with van der Waals surface area (Å²) in [6, 6.07) is 16.9. The zero-order valence-electron chi connectivity index (χ0n) is 19.1. The number of amides is 1. The number of benzene rings is 2. The second-order valence-electron chi connectivity index (χ2n) is 8.70. The van der Waals surface area contributed by atoms with Gasteiger partial charge in [-0.1, -0.05) is 48.5 Å². The van der Waals surface area contributed by atoms with Crippen LogP contribution in [0.2, 0.25) is 0 Å². The number of carbonyl (C=O) groups excluding carboxylic acids is 2. The van der Waals surface area contributed by atoms with Gasteiger partial charge in [-0.3, -0.25) is 14.5 Å². The van der Waals surface area contributed by atoms with Crippen molar-refractivity contribution in [1.29, 1.82) is 0 Å². The second-order valence-corrected chi connectivity index (χ2v) is 8.70. The summed E-state index contributed by atoms with van der Waals surface area (Å²) >= 11 is 0. The first kappa shape index (κ1) is 22.0. The first-order valence-corrected chi connectivity index (χ1v) is 11.3. The molecular weight excluding hydrogens is 398 g/mol. The fourth-order valence-electron chi connectivity index (χ4n) is 4.71. The molecule has 4 rings (SSSR count). The lowest BCUT2D eigenvalue weighted by atomic mass is 9.98. The Labute approximate surface area is 189 Å². The third kappa shape index (κ3) is 4.68. The van der Waals surface area contributed by atoms with E-state index in [4.69, 9.17) is 0 Å². The Kier molecular flexibility index (Phi) is 6.56. The van der Waals surface area contributed by atoms with Crippen LogP contribution in [0.25, 0.3) is 11.1 Å². The van der Waals surface area contributed by atoms with Crippen LogP contribution in [0.3, 0.4) is 0 Å². The average molecular weight is 430 g/mol. The third-order valence-electron chi connectivity index (χ3n) is 6.34. The van der Waals surface area contributed by atoms with Crippen molar-refractivity contribution in [3.8, 4) is 11.1 Å². The first-order chi connectivity index (χ1) is 15.4. The van der Waals surface area contributed by atoms with Crippen molar-refractivity contribution < 1.29 is 9.59 Å². The molecule has 32 heavy (non-hydrogen) atoms. The Morgan fingerprint density at radius 3 is 2.34 bits per heavy atom. The van der Waals surface area contributed by atoms with Crippen LogP contribution in [-0.4, -0.2) is 34.7 Å². The molecule has 0 unspecified atom stereocenters. The standard InChI is InChI=1S/C27H31N3O2/c1-18-25(20(3)31)19(2)29-26(18)27(32)28-16-23-8-4-5-9-24(23)22-12-10-21(11-13-22)17-30-14-6-7-15-30/h4-5,8-13,29H,6-7,14-17H2,1-3H3,(H,28,32). The molecule has 1 amide bonds. The number of likely N-dealkylation sites (tertiary alicyclic amines) is 1. The van der Waals surface area contributed by atoms with Crippen LogP contribution < -0.4 is 5.32 Å². The van der Waals surface area contributed by atoms with Gasteiger partial charge in [-0.05, 0) is 74.5 Å². The molecule has 2 heterocycles. The Balaban J connectivity index is 1.47. The highest BCUT2D eigenvalue weighted by Crippen LogP contribution is 2.25. The first-order valence-electron chi connectivity index (χ1n) is 11.3. The third-order valence-corrected chi connectivity index (χ3v) is 6.34. The summed E-state index contributed by atoms with van der Waals surface area (Å²) in [6.45, 7) is 8.97. The molecule has 1 aromatic heterocycles. The summed E-state index contributed by atoms with van der Waals surface area (Å²) in [5.41, 5.74) is 7.14. The lowest BCUT2D eigenvalue weighted by molar-refractivity contribution is 0.0945. The number of aromatic amines is 1. The summed E-state index contributed by atoms with van der Waals surface area (Å²) in [4.78, 5) is 30.3. The summed E-state index contributed by atoms with van der Waals surface area (Å²) in [5, 5.41) is 3.02. The van der Waals surface area contributed by atoms with Gasteiger partial charge in [0.15, 0.2) is 5.78 Å². The number of nitrogens with one attached hydrogen (secondary N) is 2. The number of carbonyl (C=O) groups is 2. The number of ketones is 1. The van der Waals surface area contributed by atoms with Gasteiger partial charge in [-0.15, -0.1) is 0 Å². The van der Waals surface area contributed by atoms with Crippen molar-refractivity contribution in [3.63, 3.8) is 0 Å². The monoisotopic (exact) mass is 429 g/mol. The number of aryl methyl sites for hydroxylation is 1. The quantitative estimate of drug-likeness (QED) is 0.518. The lowest BCUT2D eigenvalue weighted by Crippen LogP contribution is -2.24. The van der Waals surface area contributed by atoms with Crippen LogP contribution in [-0.2, 0) is 13.1 Å². The van der Waals surface area contributed by atoms with Crippen LogP contribution in [0.1, 0.15) is 63.0 Å². The van der Waals surface area contributed by atoms with Crippen molar-refractivity contribution in [1.82, 2.24) is 15.2 Å². The minimum atomic E-state index is -0.200. The van der Waals surface area contributed by atoms with Gasteiger partial charge in [0, 0.05) is 24.3 Å². The topological polar surface area (TPSA) is 65.2 Å². The highest BCUT2D eigenvalue weighted by Gasteiger charge is 2.20. The zero-order valence-corrected chi connectivity index (χ0v) is 19.1. The van der Waals surface area contributed by atoms with Crippen LogP contribution in [0.15, 0.2) is 48.5 Å². The molecule has 2 aromatic carbocycles. The molecule has 5 heteroatoms. The number of hydrogen-bond donors (Lipinski definition) is 2. The molecule has 166 valence electrons. The zero-order chi connectivity index (χ0) is 22.7. The Bertz CT molecular complexity index is 1120. The van der Waals surface area contributed by atoms with Crippen LogP contribution in [0.5, 0.6) is 0 Å². The van der Waals surface area contributed by atoms with E-state index in [0.29, 0.717) is 23.4 Å². The molecular formula is C27H31N3O2. The SMILES string of the molecule is CC(=O)c1c(C)[nH]c(C(=O)NCc2ccccc2-c2ccc(CN3CCCC3)cc2)c1C. The van der Waals surface area contributed by atoms with Crippen molar-refractivity contribution >= 4 is 11.7 Å². The average Bonchev–Trinajstić information content (AvgIpc) is 3.40. The molecule has 1 aliphatic heterocycles. The van der Waals surface area contributed by atoms with Crippen LogP contribution >= 0.6 is 0 Å². The number of rotatable bonds is 7. The molecule has 1 fully saturated rings. The summed E-state index contributed by atoms with van der Waals surface area (Å²) in [7, 11) is 0. The summed E-state index contributed by atoms with van der Waals surface area (Å²) in [5.74, 6) is -0.234. The van der Waals surface area contributed by atoms with Gasteiger partial charge < -0.3 is 10.3 Å².